The number of hydrogen-bond acceptors (Lipinski definition) is 4. The van der Waals surface area contributed by atoms with Crippen molar-refractivity contribution in [3.8, 4) is 0 Å². The van der Waals surface area contributed by atoms with Crippen LogP contribution in [0.3, 0.4) is 0 Å². The summed E-state index contributed by atoms with van der Waals surface area (Å²) >= 11 is 0. The van der Waals surface area contributed by atoms with Gasteiger partial charge >= 0.3 is 0 Å². The number of nitrogens with zero attached hydrogens (tertiary/aromatic N) is 2. The molecule has 0 aromatic rings. The Morgan fingerprint density at radius 3 is 2.40 bits per heavy atom. The molecule has 0 heterocycles. The summed E-state index contributed by atoms with van der Waals surface area (Å²) in [5, 5.41) is 0. The first-order valence-corrected chi connectivity index (χ1v) is 7.93. The predicted octanol–water partition coefficient (Wildman–Crippen LogP) is 1.49. The van der Waals surface area contributed by atoms with E-state index in [1.165, 1.54) is 0 Å². The molecule has 0 aliphatic carbocycles. The Bertz CT molecular complexity index is 268. The van der Waals surface area contributed by atoms with Crippen molar-refractivity contribution in [2.45, 2.75) is 25.9 Å². The molecule has 0 amide bonds. The highest BCUT2D eigenvalue weighted by molar-refractivity contribution is 7.62. The molecule has 0 saturated carbocycles. The summed E-state index contributed by atoms with van der Waals surface area (Å²) in [6.07, 6.45) is 3.96. The summed E-state index contributed by atoms with van der Waals surface area (Å²) in [7, 11) is -1.93. The predicted molar refractivity (Wildman–Crippen MR) is 69.3 cm³/mol. The molecule has 2 atom stereocenters. The molecule has 0 bridgehead atoms. The van der Waals surface area contributed by atoms with Crippen molar-refractivity contribution in [3.63, 3.8) is 0 Å². The van der Waals surface area contributed by atoms with E-state index < -0.39 is 7.14 Å². The minimum Gasteiger partial charge on any atom is -0.326 e. The van der Waals surface area contributed by atoms with Crippen molar-refractivity contribution < 1.29 is 4.57 Å². The highest BCUT2D eigenvalue weighted by Crippen LogP contribution is 2.34. The highest BCUT2D eigenvalue weighted by Gasteiger charge is 2.04. The van der Waals surface area contributed by atoms with Gasteiger partial charge in [-0.3, -0.25) is 9.98 Å². The van der Waals surface area contributed by atoms with Crippen LogP contribution < -0.4 is 5.73 Å². The third-order valence-corrected chi connectivity index (χ3v) is 3.30. The molecular formula is C10H22N3OP. The maximum atomic E-state index is 11.3. The summed E-state index contributed by atoms with van der Waals surface area (Å²) in [5.41, 5.74) is 5.64. The fourth-order valence-corrected chi connectivity index (χ4v) is 1.33. The van der Waals surface area contributed by atoms with Gasteiger partial charge in [0.15, 0.2) is 0 Å². The van der Waals surface area contributed by atoms with E-state index in [0.717, 1.165) is 0 Å². The van der Waals surface area contributed by atoms with E-state index in [1.54, 1.807) is 25.8 Å². The van der Waals surface area contributed by atoms with Gasteiger partial charge in [-0.25, -0.2) is 0 Å². The van der Waals surface area contributed by atoms with Gasteiger partial charge in [0.2, 0.25) is 0 Å². The van der Waals surface area contributed by atoms with Gasteiger partial charge in [-0.15, -0.1) is 0 Å². The second kappa shape index (κ2) is 6.91. The fourth-order valence-electron chi connectivity index (χ4n) is 0.730. The molecule has 0 rings (SSSR count). The molecule has 2 N–H and O–H groups in total. The van der Waals surface area contributed by atoms with Gasteiger partial charge in [-0.1, -0.05) is 0 Å². The van der Waals surface area contributed by atoms with Crippen LogP contribution in [0.1, 0.15) is 13.8 Å². The second-order valence-corrected chi connectivity index (χ2v) is 7.85. The molecule has 5 heteroatoms. The van der Waals surface area contributed by atoms with E-state index in [2.05, 4.69) is 9.98 Å². The van der Waals surface area contributed by atoms with E-state index in [4.69, 9.17) is 5.73 Å². The maximum absolute atomic E-state index is 11.3. The Balaban J connectivity index is 3.76. The minimum absolute atomic E-state index is 0.0566. The molecule has 0 aliphatic heterocycles. The monoisotopic (exact) mass is 231 g/mol. The van der Waals surface area contributed by atoms with E-state index >= 15 is 0 Å². The molecule has 0 radical (unpaired) electrons. The van der Waals surface area contributed by atoms with Gasteiger partial charge in [0.25, 0.3) is 0 Å². The summed E-state index contributed by atoms with van der Waals surface area (Å²) in [4.78, 5) is 8.29. The molecule has 0 spiro atoms. The molecule has 1 unspecified atom stereocenters. The van der Waals surface area contributed by atoms with Crippen LogP contribution in [0.25, 0.3) is 0 Å². The number of hydrogen-bond donors (Lipinski definition) is 1. The van der Waals surface area contributed by atoms with Gasteiger partial charge in [0.1, 0.15) is 0 Å². The first-order chi connectivity index (χ1) is 6.83. The number of nitrogens with two attached hydrogens (primary N) is 1. The first kappa shape index (κ1) is 14.5. The van der Waals surface area contributed by atoms with Gasteiger partial charge in [-0.05, 0) is 27.2 Å². The zero-order chi connectivity index (χ0) is 11.9. The SMILES string of the molecule is CC(N)[C@@H](C)/N=C\C=N/CCP(C)(C)=O. The van der Waals surface area contributed by atoms with Crippen LogP contribution in [-0.2, 0) is 4.57 Å². The number of aliphatic imine (C=N–C) groups is 2. The van der Waals surface area contributed by atoms with E-state index in [9.17, 15) is 4.57 Å². The second-order valence-electron chi connectivity index (χ2n) is 4.25. The van der Waals surface area contributed by atoms with E-state index in [1.807, 2.05) is 13.8 Å². The lowest BCUT2D eigenvalue weighted by atomic mass is 10.2. The summed E-state index contributed by atoms with van der Waals surface area (Å²) in [6, 6.07) is 0.168. The largest absolute Gasteiger partial charge is 0.326 e. The van der Waals surface area contributed by atoms with E-state index in [-0.39, 0.29) is 12.1 Å². The topological polar surface area (TPSA) is 67.8 Å². The molecule has 0 aromatic heterocycles. The van der Waals surface area contributed by atoms with Crippen LogP contribution in [0.4, 0.5) is 0 Å². The van der Waals surface area contributed by atoms with Crippen LogP contribution in [-0.4, -0.2) is 50.5 Å². The van der Waals surface area contributed by atoms with Crippen molar-refractivity contribution >= 4 is 19.6 Å². The van der Waals surface area contributed by atoms with Crippen molar-refractivity contribution in [1.29, 1.82) is 0 Å². The normalized spacial score (nSPS) is 17.4. The van der Waals surface area contributed by atoms with Gasteiger partial charge in [0.05, 0.1) is 13.2 Å². The van der Waals surface area contributed by atoms with Gasteiger partial charge in [-0.2, -0.15) is 0 Å². The van der Waals surface area contributed by atoms with E-state index in [0.29, 0.717) is 12.7 Å². The van der Waals surface area contributed by atoms with Crippen LogP contribution in [0, 0.1) is 0 Å². The lowest BCUT2D eigenvalue weighted by Gasteiger charge is -2.08. The van der Waals surface area contributed by atoms with Crippen molar-refractivity contribution in [3.05, 3.63) is 0 Å². The quantitative estimate of drug-likeness (QED) is 0.555. The average molecular weight is 231 g/mol. The minimum atomic E-state index is -1.93. The Hall–Kier alpha value is -0.470. The Kier molecular flexibility index (Phi) is 6.70. The Morgan fingerprint density at radius 2 is 1.93 bits per heavy atom. The molecular weight excluding hydrogens is 209 g/mol. The Morgan fingerprint density at radius 1 is 1.33 bits per heavy atom. The molecule has 15 heavy (non-hydrogen) atoms. The Labute approximate surface area is 92.4 Å². The third-order valence-electron chi connectivity index (χ3n) is 2.02. The molecule has 4 nitrogen and oxygen atoms in total. The standard InChI is InChI=1S/C10H22N3OP/c1-9(11)10(2)13-6-5-12-7-8-15(3,4)14/h5-6,9-10H,7-8,11H2,1-4H3/b12-5-,13-6-/t9?,10-/m1/s1. The highest BCUT2D eigenvalue weighted by atomic mass is 31.2. The van der Waals surface area contributed by atoms with Crippen LogP contribution in [0.15, 0.2) is 9.98 Å². The molecule has 0 saturated heterocycles. The van der Waals surface area contributed by atoms with Crippen LogP contribution >= 0.6 is 7.14 Å². The average Bonchev–Trinajstić information content (AvgIpc) is 2.08. The van der Waals surface area contributed by atoms with Crippen molar-refractivity contribution in [2.75, 3.05) is 26.0 Å². The maximum Gasteiger partial charge on any atom is 0.0837 e. The number of rotatable bonds is 6. The zero-order valence-electron chi connectivity index (χ0n) is 10.1. The van der Waals surface area contributed by atoms with Crippen molar-refractivity contribution in [2.24, 2.45) is 15.7 Å². The van der Waals surface area contributed by atoms with Crippen LogP contribution in [0.5, 0.6) is 0 Å². The molecule has 0 aromatic carbocycles. The molecule has 0 fully saturated rings. The summed E-state index contributed by atoms with van der Waals surface area (Å²) in [6.45, 7) is 8.03. The summed E-state index contributed by atoms with van der Waals surface area (Å²) < 4.78 is 11.3. The smallest absolute Gasteiger partial charge is 0.0837 e. The van der Waals surface area contributed by atoms with Gasteiger partial charge in [0, 0.05) is 31.2 Å². The summed E-state index contributed by atoms with van der Waals surface area (Å²) in [5.74, 6) is 0. The lowest BCUT2D eigenvalue weighted by molar-refractivity contribution is 0.582. The zero-order valence-corrected chi connectivity index (χ0v) is 10.9. The molecule has 88 valence electrons. The van der Waals surface area contributed by atoms with Crippen molar-refractivity contribution in [1.82, 2.24) is 0 Å². The van der Waals surface area contributed by atoms with Crippen LogP contribution in [0.2, 0.25) is 0 Å². The fraction of sp³-hybridized carbons (Fsp3) is 0.800. The lowest BCUT2D eigenvalue weighted by Crippen LogP contribution is -2.27. The first-order valence-electron chi connectivity index (χ1n) is 5.14. The third kappa shape index (κ3) is 9.83. The van der Waals surface area contributed by atoms with Gasteiger partial charge < -0.3 is 10.3 Å². The molecule has 0 aliphatic rings.